The van der Waals surface area contributed by atoms with Crippen LogP contribution in [0.3, 0.4) is 0 Å². The molecule has 3 rings (SSSR count). The number of carbonyl (C=O) groups excluding carboxylic acids is 1. The number of benzene rings is 1. The topological polar surface area (TPSA) is 55.3 Å². The van der Waals surface area contributed by atoms with Crippen LogP contribution in [0, 0.1) is 5.92 Å². The van der Waals surface area contributed by atoms with Crippen molar-refractivity contribution in [3.05, 3.63) is 47.9 Å². The number of piperidine rings is 1. The van der Waals surface area contributed by atoms with Gasteiger partial charge in [-0.2, -0.15) is 0 Å². The number of carbonyl (C=O) groups is 1. The Hall–Kier alpha value is -2.43. The summed E-state index contributed by atoms with van der Waals surface area (Å²) in [5.74, 6) is 2.17. The van der Waals surface area contributed by atoms with Crippen LogP contribution in [0.25, 0.3) is 0 Å². The van der Waals surface area contributed by atoms with Crippen molar-refractivity contribution in [1.29, 1.82) is 0 Å². The molecule has 0 amide bonds. The second-order valence-electron chi connectivity index (χ2n) is 6.84. The summed E-state index contributed by atoms with van der Waals surface area (Å²) in [6, 6.07) is 9.46. The number of Topliss-reactive ketones (excluding diaryl/α,β-unsaturated/α-hetero) is 1. The minimum Gasteiger partial charge on any atom is -0.497 e. The lowest BCUT2D eigenvalue weighted by atomic mass is 9.90. The van der Waals surface area contributed by atoms with E-state index in [-0.39, 0.29) is 11.7 Å². The van der Waals surface area contributed by atoms with Gasteiger partial charge in [-0.15, -0.1) is 0 Å². The van der Waals surface area contributed by atoms with Gasteiger partial charge in [0.15, 0.2) is 5.78 Å². The summed E-state index contributed by atoms with van der Waals surface area (Å²) in [4.78, 5) is 23.9. The van der Waals surface area contributed by atoms with Crippen LogP contribution in [0.1, 0.15) is 48.7 Å². The van der Waals surface area contributed by atoms with Crippen LogP contribution in [-0.4, -0.2) is 36.0 Å². The lowest BCUT2D eigenvalue weighted by Gasteiger charge is -2.33. The Morgan fingerprint density at radius 3 is 2.88 bits per heavy atom. The van der Waals surface area contributed by atoms with Crippen molar-refractivity contribution in [2.45, 2.75) is 32.6 Å². The highest BCUT2D eigenvalue weighted by Gasteiger charge is 2.27. The summed E-state index contributed by atoms with van der Waals surface area (Å²) in [6.45, 7) is 5.87. The quantitative estimate of drug-likeness (QED) is 0.777. The molecular formula is C20H25N3O2. The third kappa shape index (κ3) is 3.98. The first-order chi connectivity index (χ1) is 12.1. The molecule has 1 saturated heterocycles. The molecule has 0 radical (unpaired) electrons. The predicted molar refractivity (Wildman–Crippen MR) is 98.4 cm³/mol. The maximum Gasteiger partial charge on any atom is 0.167 e. The van der Waals surface area contributed by atoms with Gasteiger partial charge in [-0.3, -0.25) is 4.79 Å². The van der Waals surface area contributed by atoms with E-state index >= 15 is 0 Å². The van der Waals surface area contributed by atoms with E-state index in [1.54, 1.807) is 13.4 Å². The van der Waals surface area contributed by atoms with E-state index in [4.69, 9.17) is 4.74 Å². The summed E-state index contributed by atoms with van der Waals surface area (Å²) in [5, 5.41) is 0. The number of methoxy groups -OCH3 is 1. The van der Waals surface area contributed by atoms with Gasteiger partial charge in [0.1, 0.15) is 17.9 Å². The molecule has 2 aromatic rings. The van der Waals surface area contributed by atoms with Crippen molar-refractivity contribution < 1.29 is 9.53 Å². The number of hydrogen-bond acceptors (Lipinski definition) is 5. The lowest BCUT2D eigenvalue weighted by molar-refractivity contribution is 0.0906. The molecule has 132 valence electrons. The zero-order valence-electron chi connectivity index (χ0n) is 15.1. The van der Waals surface area contributed by atoms with Crippen LogP contribution in [-0.2, 0) is 0 Å². The third-order valence-electron chi connectivity index (χ3n) is 4.74. The Morgan fingerprint density at radius 2 is 2.12 bits per heavy atom. The van der Waals surface area contributed by atoms with Gasteiger partial charge in [0, 0.05) is 36.3 Å². The number of ketones is 1. The number of anilines is 1. The molecule has 1 aliphatic heterocycles. The van der Waals surface area contributed by atoms with E-state index in [1.807, 2.05) is 30.3 Å². The summed E-state index contributed by atoms with van der Waals surface area (Å²) in [7, 11) is 1.62. The number of ether oxygens (including phenoxy) is 1. The SMILES string of the molecule is COc1cccc(C(=O)C2CCCN(c3cc(C(C)C)ncn3)C2)c1. The molecule has 0 bridgehead atoms. The Balaban J connectivity index is 1.76. The maximum atomic E-state index is 12.9. The van der Waals surface area contributed by atoms with Crippen LogP contribution in [0.15, 0.2) is 36.7 Å². The first-order valence-corrected chi connectivity index (χ1v) is 8.83. The summed E-state index contributed by atoms with van der Waals surface area (Å²) in [5.41, 5.74) is 1.75. The molecule has 1 unspecified atom stereocenters. The van der Waals surface area contributed by atoms with Crippen molar-refractivity contribution in [2.75, 3.05) is 25.1 Å². The highest BCUT2D eigenvalue weighted by Crippen LogP contribution is 2.26. The van der Waals surface area contributed by atoms with E-state index in [1.165, 1.54) is 0 Å². The molecule has 0 N–H and O–H groups in total. The Kier molecular flexibility index (Phi) is 5.31. The Bertz CT molecular complexity index is 745. The summed E-state index contributed by atoms with van der Waals surface area (Å²) in [6.07, 6.45) is 3.52. The minimum atomic E-state index is -0.0154. The smallest absolute Gasteiger partial charge is 0.167 e. The zero-order chi connectivity index (χ0) is 17.8. The molecule has 0 spiro atoms. The average Bonchev–Trinajstić information content (AvgIpc) is 2.67. The van der Waals surface area contributed by atoms with Crippen LogP contribution in [0.5, 0.6) is 5.75 Å². The Morgan fingerprint density at radius 1 is 1.28 bits per heavy atom. The molecule has 1 aliphatic rings. The molecule has 2 heterocycles. The fourth-order valence-corrected chi connectivity index (χ4v) is 3.26. The van der Waals surface area contributed by atoms with E-state index < -0.39 is 0 Å². The number of hydrogen-bond donors (Lipinski definition) is 0. The van der Waals surface area contributed by atoms with E-state index in [0.717, 1.165) is 42.2 Å². The van der Waals surface area contributed by atoms with Crippen LogP contribution < -0.4 is 9.64 Å². The first kappa shape index (κ1) is 17.4. The van der Waals surface area contributed by atoms with Crippen LogP contribution in [0.2, 0.25) is 0 Å². The monoisotopic (exact) mass is 339 g/mol. The first-order valence-electron chi connectivity index (χ1n) is 8.83. The van der Waals surface area contributed by atoms with Gasteiger partial charge in [-0.25, -0.2) is 9.97 Å². The van der Waals surface area contributed by atoms with E-state index in [0.29, 0.717) is 12.5 Å². The second-order valence-corrected chi connectivity index (χ2v) is 6.84. The highest BCUT2D eigenvalue weighted by atomic mass is 16.5. The molecule has 1 aromatic heterocycles. The molecule has 1 fully saturated rings. The molecule has 5 heteroatoms. The van der Waals surface area contributed by atoms with Crippen molar-refractivity contribution in [3.63, 3.8) is 0 Å². The van der Waals surface area contributed by atoms with Gasteiger partial charge in [-0.1, -0.05) is 26.0 Å². The van der Waals surface area contributed by atoms with Gasteiger partial charge < -0.3 is 9.64 Å². The maximum absolute atomic E-state index is 12.9. The normalized spacial score (nSPS) is 17.6. The van der Waals surface area contributed by atoms with E-state index in [9.17, 15) is 4.79 Å². The molecule has 1 atom stereocenters. The standard InChI is InChI=1S/C20H25N3O2/c1-14(2)18-11-19(22-13-21-18)23-9-5-7-16(12-23)20(24)15-6-4-8-17(10-15)25-3/h4,6,8,10-11,13-14,16H,5,7,9,12H2,1-3H3. The molecule has 1 aromatic carbocycles. The number of nitrogens with zero attached hydrogens (tertiary/aromatic N) is 3. The molecule has 5 nitrogen and oxygen atoms in total. The number of rotatable bonds is 5. The van der Waals surface area contributed by atoms with Gasteiger partial charge in [-0.05, 0) is 30.9 Å². The van der Waals surface area contributed by atoms with Crippen molar-refractivity contribution in [1.82, 2.24) is 9.97 Å². The highest BCUT2D eigenvalue weighted by molar-refractivity contribution is 5.98. The van der Waals surface area contributed by atoms with Crippen LogP contribution >= 0.6 is 0 Å². The Labute approximate surface area is 149 Å². The zero-order valence-corrected chi connectivity index (χ0v) is 15.1. The lowest BCUT2D eigenvalue weighted by Crippen LogP contribution is -2.39. The summed E-state index contributed by atoms with van der Waals surface area (Å²) < 4.78 is 5.24. The average molecular weight is 339 g/mol. The fourth-order valence-electron chi connectivity index (χ4n) is 3.26. The van der Waals surface area contributed by atoms with Gasteiger partial charge in [0.2, 0.25) is 0 Å². The van der Waals surface area contributed by atoms with Gasteiger partial charge in [0.25, 0.3) is 0 Å². The largest absolute Gasteiger partial charge is 0.497 e. The molecule has 0 aliphatic carbocycles. The van der Waals surface area contributed by atoms with Gasteiger partial charge in [0.05, 0.1) is 7.11 Å². The summed E-state index contributed by atoms with van der Waals surface area (Å²) >= 11 is 0. The molecular weight excluding hydrogens is 314 g/mol. The second kappa shape index (κ2) is 7.64. The predicted octanol–water partition coefficient (Wildman–Crippen LogP) is 3.71. The van der Waals surface area contributed by atoms with Crippen LogP contribution in [0.4, 0.5) is 5.82 Å². The molecule has 0 saturated carbocycles. The third-order valence-corrected chi connectivity index (χ3v) is 4.74. The number of aromatic nitrogens is 2. The van der Waals surface area contributed by atoms with E-state index in [2.05, 4.69) is 28.7 Å². The minimum absolute atomic E-state index is 0.0154. The van der Waals surface area contributed by atoms with Crippen molar-refractivity contribution in [2.24, 2.45) is 5.92 Å². The van der Waals surface area contributed by atoms with Gasteiger partial charge >= 0.3 is 0 Å². The van der Waals surface area contributed by atoms with Crippen molar-refractivity contribution >= 4 is 11.6 Å². The van der Waals surface area contributed by atoms with Crippen molar-refractivity contribution in [3.8, 4) is 5.75 Å². The molecule has 25 heavy (non-hydrogen) atoms. The fraction of sp³-hybridized carbons (Fsp3) is 0.450.